The average Bonchev–Trinajstić information content (AvgIpc) is 2.41. The van der Waals surface area contributed by atoms with Crippen molar-refractivity contribution in [2.24, 2.45) is 0 Å². The van der Waals surface area contributed by atoms with E-state index in [4.69, 9.17) is 4.74 Å². The second-order valence-corrected chi connectivity index (χ2v) is 4.67. The third-order valence-electron chi connectivity index (χ3n) is 3.02. The highest BCUT2D eigenvalue weighted by atomic mass is 16.5. The lowest BCUT2D eigenvalue weighted by Crippen LogP contribution is -2.35. The molecule has 19 heavy (non-hydrogen) atoms. The molecule has 0 aliphatic heterocycles. The Hall–Kier alpha value is -1.39. The monoisotopic (exact) mass is 264 g/mol. The van der Waals surface area contributed by atoms with Gasteiger partial charge >= 0.3 is 0 Å². The Morgan fingerprint density at radius 2 is 2.11 bits per heavy atom. The number of amides is 1. The first-order chi connectivity index (χ1) is 9.15. The first-order valence-electron chi connectivity index (χ1n) is 6.69. The Labute approximate surface area is 115 Å². The van der Waals surface area contributed by atoms with Gasteiger partial charge in [0.05, 0.1) is 12.5 Å². The topological polar surface area (TPSA) is 50.4 Å². The Morgan fingerprint density at radius 1 is 1.32 bits per heavy atom. The first kappa shape index (κ1) is 15.7. The summed E-state index contributed by atoms with van der Waals surface area (Å²) in [6.45, 7) is 6.86. The number of carbonyl (C=O) groups excluding carboxylic acids is 1. The molecule has 0 saturated carbocycles. The van der Waals surface area contributed by atoms with Gasteiger partial charge in [0.15, 0.2) is 0 Å². The van der Waals surface area contributed by atoms with E-state index in [-0.39, 0.29) is 11.8 Å². The lowest BCUT2D eigenvalue weighted by molar-refractivity contribution is -0.122. The number of hydrogen-bond donors (Lipinski definition) is 2. The van der Waals surface area contributed by atoms with Gasteiger partial charge in [0.25, 0.3) is 0 Å². The van der Waals surface area contributed by atoms with Gasteiger partial charge < -0.3 is 15.4 Å². The van der Waals surface area contributed by atoms with Crippen molar-refractivity contribution in [1.82, 2.24) is 10.6 Å². The summed E-state index contributed by atoms with van der Waals surface area (Å²) in [6, 6.07) is 8.07. The summed E-state index contributed by atoms with van der Waals surface area (Å²) >= 11 is 0. The molecule has 2 N–H and O–H groups in total. The number of methoxy groups -OCH3 is 1. The minimum Gasteiger partial charge on any atom is -0.383 e. The lowest BCUT2D eigenvalue weighted by Gasteiger charge is -2.13. The molecule has 4 heteroatoms. The number of rotatable bonds is 8. The Morgan fingerprint density at radius 3 is 2.79 bits per heavy atom. The molecule has 1 amide bonds. The molecule has 1 rings (SSSR count). The van der Waals surface area contributed by atoms with E-state index in [9.17, 15) is 4.79 Å². The van der Waals surface area contributed by atoms with Gasteiger partial charge in [-0.2, -0.15) is 0 Å². The van der Waals surface area contributed by atoms with E-state index in [1.54, 1.807) is 7.11 Å². The van der Waals surface area contributed by atoms with Crippen LogP contribution in [0.5, 0.6) is 0 Å². The molecule has 0 radical (unpaired) electrons. The highest BCUT2D eigenvalue weighted by molar-refractivity contribution is 5.83. The summed E-state index contributed by atoms with van der Waals surface area (Å²) in [5.74, 6) is -0.0435. The Balaban J connectivity index is 2.29. The van der Waals surface area contributed by atoms with Crippen LogP contribution in [-0.4, -0.2) is 39.3 Å². The smallest absolute Gasteiger partial charge is 0.227 e. The van der Waals surface area contributed by atoms with Crippen molar-refractivity contribution in [3.8, 4) is 0 Å². The fourth-order valence-corrected chi connectivity index (χ4v) is 1.82. The van der Waals surface area contributed by atoms with Gasteiger partial charge in [0.1, 0.15) is 0 Å². The number of hydrogen-bond acceptors (Lipinski definition) is 3. The molecule has 1 atom stereocenters. The lowest BCUT2D eigenvalue weighted by atomic mass is 9.99. The molecule has 0 fully saturated rings. The van der Waals surface area contributed by atoms with E-state index in [1.807, 2.05) is 32.0 Å². The average molecular weight is 264 g/mol. The summed E-state index contributed by atoms with van der Waals surface area (Å²) in [5.41, 5.74) is 2.24. The van der Waals surface area contributed by atoms with Crippen LogP contribution in [0, 0.1) is 6.92 Å². The van der Waals surface area contributed by atoms with Crippen LogP contribution in [0.25, 0.3) is 0 Å². The van der Waals surface area contributed by atoms with E-state index in [0.717, 1.165) is 18.7 Å². The van der Waals surface area contributed by atoms with Crippen molar-refractivity contribution in [2.75, 3.05) is 33.4 Å². The van der Waals surface area contributed by atoms with Crippen LogP contribution in [0.1, 0.15) is 24.0 Å². The number of nitrogens with one attached hydrogen (secondary N) is 2. The standard InChI is InChI=1S/C15H24N2O2/c1-12-5-4-6-14(11-12)13(2)15(18)17-8-7-16-9-10-19-3/h4-6,11,13,16H,7-10H2,1-3H3,(H,17,18). The minimum absolute atomic E-state index is 0.0686. The van der Waals surface area contributed by atoms with Gasteiger partial charge in [-0.1, -0.05) is 29.8 Å². The zero-order valence-electron chi connectivity index (χ0n) is 12.0. The third kappa shape index (κ3) is 5.85. The molecule has 106 valence electrons. The number of ether oxygens (including phenoxy) is 1. The van der Waals surface area contributed by atoms with Gasteiger partial charge in [-0.05, 0) is 19.4 Å². The van der Waals surface area contributed by atoms with Crippen molar-refractivity contribution in [2.45, 2.75) is 19.8 Å². The fraction of sp³-hybridized carbons (Fsp3) is 0.533. The normalized spacial score (nSPS) is 12.2. The van der Waals surface area contributed by atoms with Crippen molar-refractivity contribution in [3.05, 3.63) is 35.4 Å². The fourth-order valence-electron chi connectivity index (χ4n) is 1.82. The quantitative estimate of drug-likeness (QED) is 0.699. The molecule has 0 heterocycles. The van der Waals surface area contributed by atoms with Crippen molar-refractivity contribution in [3.63, 3.8) is 0 Å². The number of carbonyl (C=O) groups is 1. The van der Waals surface area contributed by atoms with Gasteiger partial charge in [0, 0.05) is 26.7 Å². The van der Waals surface area contributed by atoms with Crippen LogP contribution in [0.4, 0.5) is 0 Å². The SMILES string of the molecule is COCCNCCNC(=O)C(C)c1cccc(C)c1. The van der Waals surface area contributed by atoms with Crippen molar-refractivity contribution in [1.29, 1.82) is 0 Å². The molecule has 1 aromatic carbocycles. The van der Waals surface area contributed by atoms with Crippen LogP contribution in [0.3, 0.4) is 0 Å². The van der Waals surface area contributed by atoms with Crippen LogP contribution in [0.2, 0.25) is 0 Å². The highest BCUT2D eigenvalue weighted by Crippen LogP contribution is 2.16. The van der Waals surface area contributed by atoms with Crippen LogP contribution in [-0.2, 0) is 9.53 Å². The molecular weight excluding hydrogens is 240 g/mol. The Bertz CT molecular complexity index is 393. The molecule has 0 bridgehead atoms. The Kier molecular flexibility index (Phi) is 7.15. The van der Waals surface area contributed by atoms with E-state index in [0.29, 0.717) is 13.2 Å². The maximum atomic E-state index is 12.0. The summed E-state index contributed by atoms with van der Waals surface area (Å²) in [6.07, 6.45) is 0. The van der Waals surface area contributed by atoms with E-state index in [2.05, 4.69) is 16.7 Å². The van der Waals surface area contributed by atoms with Crippen LogP contribution >= 0.6 is 0 Å². The molecule has 1 aromatic rings. The van der Waals surface area contributed by atoms with Crippen molar-refractivity contribution >= 4 is 5.91 Å². The third-order valence-corrected chi connectivity index (χ3v) is 3.02. The molecule has 0 aliphatic rings. The first-order valence-corrected chi connectivity index (χ1v) is 6.69. The molecule has 0 saturated heterocycles. The molecule has 1 unspecified atom stereocenters. The maximum Gasteiger partial charge on any atom is 0.227 e. The molecule has 0 spiro atoms. The summed E-state index contributed by atoms with van der Waals surface area (Å²) in [4.78, 5) is 12.0. The predicted octanol–water partition coefficient (Wildman–Crippen LogP) is 1.45. The number of aryl methyl sites for hydroxylation is 1. The number of benzene rings is 1. The van der Waals surface area contributed by atoms with Crippen molar-refractivity contribution < 1.29 is 9.53 Å². The molecule has 0 aromatic heterocycles. The zero-order chi connectivity index (χ0) is 14.1. The maximum absolute atomic E-state index is 12.0. The zero-order valence-corrected chi connectivity index (χ0v) is 12.0. The van der Waals surface area contributed by atoms with Gasteiger partial charge in [-0.3, -0.25) is 4.79 Å². The predicted molar refractivity (Wildman–Crippen MR) is 77.3 cm³/mol. The van der Waals surface area contributed by atoms with E-state index >= 15 is 0 Å². The molecule has 4 nitrogen and oxygen atoms in total. The van der Waals surface area contributed by atoms with Gasteiger partial charge in [0.2, 0.25) is 5.91 Å². The van der Waals surface area contributed by atoms with Gasteiger partial charge in [-0.25, -0.2) is 0 Å². The second-order valence-electron chi connectivity index (χ2n) is 4.67. The van der Waals surface area contributed by atoms with E-state index in [1.165, 1.54) is 5.56 Å². The second kappa shape index (κ2) is 8.67. The highest BCUT2D eigenvalue weighted by Gasteiger charge is 2.14. The van der Waals surface area contributed by atoms with Crippen LogP contribution < -0.4 is 10.6 Å². The largest absolute Gasteiger partial charge is 0.383 e. The molecule has 0 aliphatic carbocycles. The summed E-state index contributed by atoms with van der Waals surface area (Å²) in [5, 5.41) is 6.12. The summed E-state index contributed by atoms with van der Waals surface area (Å²) in [7, 11) is 1.67. The van der Waals surface area contributed by atoms with E-state index < -0.39 is 0 Å². The molecular formula is C15H24N2O2. The van der Waals surface area contributed by atoms with Crippen LogP contribution in [0.15, 0.2) is 24.3 Å². The minimum atomic E-state index is -0.112. The summed E-state index contributed by atoms with van der Waals surface area (Å²) < 4.78 is 4.93. The van der Waals surface area contributed by atoms with Gasteiger partial charge in [-0.15, -0.1) is 0 Å².